The average molecular weight is 291 g/mol. The molecular formula is C16H25N3O2. The first-order valence-electron chi connectivity index (χ1n) is 7.56. The van der Waals surface area contributed by atoms with Gasteiger partial charge in [0, 0.05) is 18.8 Å². The van der Waals surface area contributed by atoms with Crippen LogP contribution in [-0.2, 0) is 4.79 Å². The van der Waals surface area contributed by atoms with Crippen LogP contribution < -0.4 is 15.8 Å². The molecule has 1 unspecified atom stereocenters. The van der Waals surface area contributed by atoms with E-state index in [1.54, 1.807) is 6.92 Å². The van der Waals surface area contributed by atoms with E-state index in [4.69, 9.17) is 10.5 Å². The second-order valence-electron chi connectivity index (χ2n) is 5.85. The van der Waals surface area contributed by atoms with Crippen molar-refractivity contribution in [1.29, 1.82) is 0 Å². The van der Waals surface area contributed by atoms with E-state index in [2.05, 4.69) is 17.1 Å². The summed E-state index contributed by atoms with van der Waals surface area (Å²) in [5, 5.41) is 2.75. The van der Waals surface area contributed by atoms with Crippen LogP contribution in [0.3, 0.4) is 0 Å². The molecule has 2 rings (SSSR count). The first kappa shape index (κ1) is 15.8. The summed E-state index contributed by atoms with van der Waals surface area (Å²) < 4.78 is 5.73. The minimum Gasteiger partial charge on any atom is -0.492 e. The van der Waals surface area contributed by atoms with Crippen LogP contribution >= 0.6 is 0 Å². The molecule has 2 atom stereocenters. The van der Waals surface area contributed by atoms with Gasteiger partial charge in [-0.25, -0.2) is 0 Å². The van der Waals surface area contributed by atoms with Crippen LogP contribution in [0.4, 0.5) is 5.69 Å². The van der Waals surface area contributed by atoms with Gasteiger partial charge in [-0.3, -0.25) is 9.69 Å². The molecular weight excluding hydrogens is 266 g/mol. The standard InChI is InChI=1S/C16H25N3O2/c1-12-7-8-19(11-12)9-10-21-15-5-3-14(4-6-15)18-16(20)13(2)17/h3-6,12-13H,7-11,17H2,1-2H3,(H,18,20)/t12?,13-/m1/s1. The number of anilines is 1. The molecule has 3 N–H and O–H groups in total. The SMILES string of the molecule is CC1CCN(CCOc2ccc(NC(=O)[C@@H](C)N)cc2)C1. The van der Waals surface area contributed by atoms with Gasteiger partial charge in [0.15, 0.2) is 0 Å². The molecule has 1 aliphatic rings. The van der Waals surface area contributed by atoms with Gasteiger partial charge in [0.05, 0.1) is 6.04 Å². The summed E-state index contributed by atoms with van der Waals surface area (Å²) in [6.45, 7) is 7.95. The fourth-order valence-corrected chi connectivity index (χ4v) is 2.41. The van der Waals surface area contributed by atoms with Gasteiger partial charge < -0.3 is 15.8 Å². The number of carbonyl (C=O) groups excluding carboxylic acids is 1. The highest BCUT2D eigenvalue weighted by atomic mass is 16.5. The number of rotatable bonds is 6. The van der Waals surface area contributed by atoms with E-state index in [9.17, 15) is 4.79 Å². The third kappa shape index (κ3) is 5.02. The number of hydrogen-bond donors (Lipinski definition) is 2. The number of nitrogens with one attached hydrogen (secondary N) is 1. The Hall–Kier alpha value is -1.59. The lowest BCUT2D eigenvalue weighted by molar-refractivity contribution is -0.117. The number of hydrogen-bond acceptors (Lipinski definition) is 4. The summed E-state index contributed by atoms with van der Waals surface area (Å²) >= 11 is 0. The van der Waals surface area contributed by atoms with Crippen molar-refractivity contribution >= 4 is 11.6 Å². The first-order chi connectivity index (χ1) is 10.0. The second-order valence-corrected chi connectivity index (χ2v) is 5.85. The summed E-state index contributed by atoms with van der Waals surface area (Å²) in [5.74, 6) is 1.44. The van der Waals surface area contributed by atoms with Crippen molar-refractivity contribution in [2.45, 2.75) is 26.3 Å². The third-order valence-electron chi connectivity index (χ3n) is 3.72. The molecule has 0 saturated carbocycles. The Morgan fingerprint density at radius 1 is 1.48 bits per heavy atom. The molecule has 116 valence electrons. The molecule has 0 spiro atoms. The second kappa shape index (κ2) is 7.43. The van der Waals surface area contributed by atoms with Crippen LogP contribution in [0.2, 0.25) is 0 Å². The van der Waals surface area contributed by atoms with Gasteiger partial charge in [0.1, 0.15) is 12.4 Å². The number of likely N-dealkylation sites (tertiary alicyclic amines) is 1. The Morgan fingerprint density at radius 2 is 2.19 bits per heavy atom. The zero-order valence-corrected chi connectivity index (χ0v) is 12.8. The summed E-state index contributed by atoms with van der Waals surface area (Å²) in [5.41, 5.74) is 6.24. The van der Waals surface area contributed by atoms with E-state index in [-0.39, 0.29) is 5.91 Å². The van der Waals surface area contributed by atoms with Crippen LogP contribution in [0.15, 0.2) is 24.3 Å². The lowest BCUT2D eigenvalue weighted by atomic mass is 10.2. The van der Waals surface area contributed by atoms with E-state index in [1.165, 1.54) is 19.5 Å². The van der Waals surface area contributed by atoms with E-state index in [0.29, 0.717) is 6.61 Å². The van der Waals surface area contributed by atoms with Gasteiger partial charge in [0.25, 0.3) is 0 Å². The van der Waals surface area contributed by atoms with Crippen molar-refractivity contribution in [2.75, 3.05) is 31.6 Å². The van der Waals surface area contributed by atoms with Crippen molar-refractivity contribution in [1.82, 2.24) is 4.90 Å². The van der Waals surface area contributed by atoms with Crippen LogP contribution in [0.5, 0.6) is 5.75 Å². The van der Waals surface area contributed by atoms with Crippen LogP contribution in [0.1, 0.15) is 20.3 Å². The molecule has 1 amide bonds. The number of carbonyl (C=O) groups is 1. The summed E-state index contributed by atoms with van der Waals surface area (Å²) in [6.07, 6.45) is 1.29. The number of ether oxygens (including phenoxy) is 1. The van der Waals surface area contributed by atoms with Gasteiger partial charge in [-0.05, 0) is 50.1 Å². The van der Waals surface area contributed by atoms with Gasteiger partial charge in [-0.2, -0.15) is 0 Å². The Kier molecular flexibility index (Phi) is 5.59. The number of nitrogens with zero attached hydrogens (tertiary/aromatic N) is 1. The Balaban J connectivity index is 1.73. The topological polar surface area (TPSA) is 67.6 Å². The highest BCUT2D eigenvalue weighted by Crippen LogP contribution is 2.17. The van der Waals surface area contributed by atoms with Crippen LogP contribution in [0, 0.1) is 5.92 Å². The molecule has 5 heteroatoms. The monoisotopic (exact) mass is 291 g/mol. The molecule has 1 aromatic rings. The van der Waals surface area contributed by atoms with Gasteiger partial charge >= 0.3 is 0 Å². The lowest BCUT2D eigenvalue weighted by Gasteiger charge is -2.15. The zero-order valence-electron chi connectivity index (χ0n) is 12.8. The highest BCUT2D eigenvalue weighted by Gasteiger charge is 2.17. The fourth-order valence-electron chi connectivity index (χ4n) is 2.41. The number of amides is 1. The Morgan fingerprint density at radius 3 is 2.76 bits per heavy atom. The molecule has 0 bridgehead atoms. The summed E-state index contributed by atoms with van der Waals surface area (Å²) in [6, 6.07) is 6.87. The van der Waals surface area contributed by atoms with E-state index in [1.807, 2.05) is 24.3 Å². The molecule has 1 aromatic carbocycles. The van der Waals surface area contributed by atoms with Crippen molar-refractivity contribution in [3.05, 3.63) is 24.3 Å². The molecule has 0 radical (unpaired) electrons. The molecule has 0 aromatic heterocycles. The maximum absolute atomic E-state index is 11.5. The molecule has 1 aliphatic heterocycles. The van der Waals surface area contributed by atoms with Crippen molar-refractivity contribution < 1.29 is 9.53 Å². The van der Waals surface area contributed by atoms with Gasteiger partial charge in [-0.1, -0.05) is 6.92 Å². The zero-order chi connectivity index (χ0) is 15.2. The quantitative estimate of drug-likeness (QED) is 0.837. The highest BCUT2D eigenvalue weighted by molar-refractivity contribution is 5.94. The van der Waals surface area contributed by atoms with E-state index >= 15 is 0 Å². The maximum Gasteiger partial charge on any atom is 0.240 e. The molecule has 1 saturated heterocycles. The minimum absolute atomic E-state index is 0.188. The van der Waals surface area contributed by atoms with Crippen LogP contribution in [0.25, 0.3) is 0 Å². The van der Waals surface area contributed by atoms with Gasteiger partial charge in [0.2, 0.25) is 5.91 Å². The maximum atomic E-state index is 11.5. The third-order valence-corrected chi connectivity index (χ3v) is 3.72. The van der Waals surface area contributed by atoms with Crippen LogP contribution in [-0.4, -0.2) is 43.1 Å². The molecule has 1 fully saturated rings. The lowest BCUT2D eigenvalue weighted by Crippen LogP contribution is -2.32. The number of benzene rings is 1. The number of nitrogens with two attached hydrogens (primary N) is 1. The van der Waals surface area contributed by atoms with Crippen molar-refractivity contribution in [3.63, 3.8) is 0 Å². The van der Waals surface area contributed by atoms with E-state index in [0.717, 1.165) is 23.9 Å². The average Bonchev–Trinajstić information content (AvgIpc) is 2.86. The van der Waals surface area contributed by atoms with Crippen molar-refractivity contribution in [3.8, 4) is 5.75 Å². The normalized spacial score (nSPS) is 20.2. The minimum atomic E-state index is -0.510. The van der Waals surface area contributed by atoms with Gasteiger partial charge in [-0.15, -0.1) is 0 Å². The Labute approximate surface area is 126 Å². The summed E-state index contributed by atoms with van der Waals surface area (Å²) in [7, 11) is 0. The predicted molar refractivity (Wildman–Crippen MR) is 84.4 cm³/mol. The smallest absolute Gasteiger partial charge is 0.240 e. The van der Waals surface area contributed by atoms with Crippen molar-refractivity contribution in [2.24, 2.45) is 11.7 Å². The predicted octanol–water partition coefficient (Wildman–Crippen LogP) is 1.69. The fraction of sp³-hybridized carbons (Fsp3) is 0.562. The first-order valence-corrected chi connectivity index (χ1v) is 7.56. The largest absolute Gasteiger partial charge is 0.492 e. The molecule has 5 nitrogen and oxygen atoms in total. The molecule has 21 heavy (non-hydrogen) atoms. The molecule has 0 aliphatic carbocycles. The summed E-state index contributed by atoms with van der Waals surface area (Å²) in [4.78, 5) is 13.9. The molecule has 1 heterocycles. The van der Waals surface area contributed by atoms with E-state index < -0.39 is 6.04 Å². The Bertz CT molecular complexity index is 459.